The number of aromatic amines is 1. The Kier molecular flexibility index (Phi) is 4.70. The zero-order valence-corrected chi connectivity index (χ0v) is 11.7. The van der Waals surface area contributed by atoms with Gasteiger partial charge in [0.2, 0.25) is 0 Å². The van der Waals surface area contributed by atoms with Gasteiger partial charge in [-0.3, -0.25) is 4.79 Å². The van der Waals surface area contributed by atoms with Crippen molar-refractivity contribution in [2.24, 2.45) is 0 Å². The van der Waals surface area contributed by atoms with E-state index in [4.69, 9.17) is 28.3 Å². The minimum absolute atomic E-state index is 0.212. The first kappa shape index (κ1) is 14.5. The van der Waals surface area contributed by atoms with Gasteiger partial charge in [0, 0.05) is 11.3 Å². The normalized spacial score (nSPS) is 9.75. The average molecular weight is 309 g/mol. The molecule has 0 aliphatic rings. The molecular weight excluding hydrogens is 299 g/mol. The highest BCUT2D eigenvalue weighted by atomic mass is 35.5. The maximum absolute atomic E-state index is 12.0. The van der Waals surface area contributed by atoms with Gasteiger partial charge in [-0.2, -0.15) is 0 Å². The molecule has 0 unspecified atom stereocenters. The Morgan fingerprint density at radius 3 is 2.80 bits per heavy atom. The highest BCUT2D eigenvalue weighted by Gasteiger charge is 2.11. The number of aliphatic hydroxyl groups is 1. The van der Waals surface area contributed by atoms with Crippen molar-refractivity contribution in [1.29, 1.82) is 0 Å². The summed E-state index contributed by atoms with van der Waals surface area (Å²) in [7, 11) is 0. The molecule has 0 spiro atoms. The van der Waals surface area contributed by atoms with Crippen LogP contribution in [0.2, 0.25) is 10.2 Å². The molecule has 2 aromatic rings. The van der Waals surface area contributed by atoms with Gasteiger partial charge < -0.3 is 15.4 Å². The predicted molar refractivity (Wildman–Crippen MR) is 79.2 cm³/mol. The van der Waals surface area contributed by atoms with Crippen molar-refractivity contribution in [1.82, 2.24) is 4.98 Å². The van der Waals surface area contributed by atoms with Gasteiger partial charge in [0.1, 0.15) is 17.5 Å². The van der Waals surface area contributed by atoms with Crippen LogP contribution < -0.4 is 5.32 Å². The lowest BCUT2D eigenvalue weighted by atomic mass is 10.2. The van der Waals surface area contributed by atoms with Crippen LogP contribution in [0, 0.1) is 11.8 Å². The smallest absolute Gasteiger partial charge is 0.272 e. The van der Waals surface area contributed by atoms with Crippen molar-refractivity contribution in [2.45, 2.75) is 0 Å². The molecule has 1 aromatic carbocycles. The summed E-state index contributed by atoms with van der Waals surface area (Å²) in [5, 5.41) is 11.9. The van der Waals surface area contributed by atoms with Gasteiger partial charge in [0.25, 0.3) is 5.91 Å². The summed E-state index contributed by atoms with van der Waals surface area (Å²) >= 11 is 11.5. The van der Waals surface area contributed by atoms with Crippen molar-refractivity contribution < 1.29 is 9.90 Å². The summed E-state index contributed by atoms with van der Waals surface area (Å²) in [6.07, 6.45) is 0. The second-order valence-corrected chi connectivity index (χ2v) is 4.62. The van der Waals surface area contributed by atoms with E-state index >= 15 is 0 Å². The first-order valence-corrected chi connectivity index (χ1v) is 6.41. The van der Waals surface area contributed by atoms with Crippen LogP contribution in [0.3, 0.4) is 0 Å². The van der Waals surface area contributed by atoms with Crippen LogP contribution in [-0.2, 0) is 0 Å². The van der Waals surface area contributed by atoms with Crippen LogP contribution in [0.5, 0.6) is 0 Å². The maximum Gasteiger partial charge on any atom is 0.272 e. The number of anilines is 1. The first-order valence-electron chi connectivity index (χ1n) is 5.65. The van der Waals surface area contributed by atoms with Crippen LogP contribution in [-0.4, -0.2) is 22.6 Å². The fourth-order valence-corrected chi connectivity index (χ4v) is 1.85. The van der Waals surface area contributed by atoms with Gasteiger partial charge in [-0.05, 0) is 24.3 Å². The molecule has 0 fully saturated rings. The standard InChI is InChI=1S/C14H10Cl2N2O2/c15-11-8-12(18-13(11)16)14(20)17-10-5-1-3-9(7-10)4-2-6-19/h1,3,5,7-8,18-19H,6H2,(H,17,20). The summed E-state index contributed by atoms with van der Waals surface area (Å²) < 4.78 is 0. The predicted octanol–water partition coefficient (Wildman–Crippen LogP) is 2.92. The van der Waals surface area contributed by atoms with E-state index in [1.165, 1.54) is 6.07 Å². The van der Waals surface area contributed by atoms with E-state index < -0.39 is 0 Å². The summed E-state index contributed by atoms with van der Waals surface area (Å²) in [6.45, 7) is -0.212. The lowest BCUT2D eigenvalue weighted by Gasteiger charge is -2.04. The van der Waals surface area contributed by atoms with Crippen molar-refractivity contribution in [3.8, 4) is 11.8 Å². The molecule has 0 atom stereocenters. The molecule has 102 valence electrons. The largest absolute Gasteiger partial charge is 0.384 e. The van der Waals surface area contributed by atoms with E-state index in [0.717, 1.165) is 0 Å². The lowest BCUT2D eigenvalue weighted by Crippen LogP contribution is -2.12. The molecule has 6 heteroatoms. The molecule has 0 aliphatic carbocycles. The van der Waals surface area contributed by atoms with Gasteiger partial charge in [0.05, 0.1) is 5.02 Å². The Labute approximate surface area is 125 Å². The van der Waals surface area contributed by atoms with E-state index in [0.29, 0.717) is 16.3 Å². The van der Waals surface area contributed by atoms with Gasteiger partial charge >= 0.3 is 0 Å². The highest BCUT2D eigenvalue weighted by molar-refractivity contribution is 6.41. The fraction of sp³-hybridized carbons (Fsp3) is 0.0714. The van der Waals surface area contributed by atoms with Crippen LogP contribution in [0.4, 0.5) is 5.69 Å². The Bertz CT molecular complexity index is 679. The number of rotatable bonds is 2. The molecule has 1 aromatic heterocycles. The van der Waals surface area contributed by atoms with E-state index in [1.54, 1.807) is 24.3 Å². The van der Waals surface area contributed by atoms with Crippen LogP contribution in [0.15, 0.2) is 30.3 Å². The number of hydrogen-bond donors (Lipinski definition) is 3. The molecular formula is C14H10Cl2N2O2. The zero-order chi connectivity index (χ0) is 14.5. The molecule has 0 saturated heterocycles. The number of benzene rings is 1. The van der Waals surface area contributed by atoms with E-state index in [9.17, 15) is 4.79 Å². The Balaban J connectivity index is 2.15. The number of aromatic nitrogens is 1. The van der Waals surface area contributed by atoms with Gasteiger partial charge in [-0.1, -0.05) is 41.1 Å². The monoisotopic (exact) mass is 308 g/mol. The Morgan fingerprint density at radius 2 is 2.15 bits per heavy atom. The third-order valence-electron chi connectivity index (χ3n) is 2.40. The highest BCUT2D eigenvalue weighted by Crippen LogP contribution is 2.22. The van der Waals surface area contributed by atoms with Crippen molar-refractivity contribution in [3.63, 3.8) is 0 Å². The van der Waals surface area contributed by atoms with Crippen molar-refractivity contribution >= 4 is 34.8 Å². The molecule has 0 aliphatic heterocycles. The molecule has 0 saturated carbocycles. The number of halogens is 2. The number of amides is 1. The minimum atomic E-state index is -0.355. The van der Waals surface area contributed by atoms with E-state index in [2.05, 4.69) is 22.1 Å². The summed E-state index contributed by atoms with van der Waals surface area (Å²) in [6, 6.07) is 8.42. The number of carbonyl (C=O) groups is 1. The number of hydrogen-bond acceptors (Lipinski definition) is 2. The molecule has 0 bridgehead atoms. The van der Waals surface area contributed by atoms with Gasteiger partial charge in [-0.25, -0.2) is 0 Å². The molecule has 1 amide bonds. The number of carbonyl (C=O) groups excluding carboxylic acids is 1. The van der Waals surface area contributed by atoms with Crippen molar-refractivity contribution in [3.05, 3.63) is 51.8 Å². The van der Waals surface area contributed by atoms with Gasteiger partial charge in [-0.15, -0.1) is 0 Å². The lowest BCUT2D eigenvalue weighted by molar-refractivity contribution is 0.102. The van der Waals surface area contributed by atoms with E-state index in [1.807, 2.05) is 0 Å². The van der Waals surface area contributed by atoms with Crippen LogP contribution in [0.1, 0.15) is 16.1 Å². The number of H-pyrrole nitrogens is 1. The van der Waals surface area contributed by atoms with Crippen LogP contribution in [0.25, 0.3) is 0 Å². The molecule has 0 radical (unpaired) electrons. The van der Waals surface area contributed by atoms with Crippen molar-refractivity contribution in [2.75, 3.05) is 11.9 Å². The summed E-state index contributed by atoms with van der Waals surface area (Å²) in [4.78, 5) is 14.6. The molecule has 2 rings (SSSR count). The summed E-state index contributed by atoms with van der Waals surface area (Å²) in [5.74, 6) is 4.94. The quantitative estimate of drug-likeness (QED) is 0.747. The second-order valence-electron chi connectivity index (χ2n) is 3.84. The fourth-order valence-electron chi connectivity index (χ4n) is 1.54. The minimum Gasteiger partial charge on any atom is -0.384 e. The molecule has 4 nitrogen and oxygen atoms in total. The Hall–Kier alpha value is -1.93. The summed E-state index contributed by atoms with van der Waals surface area (Å²) in [5.41, 5.74) is 1.55. The Morgan fingerprint density at radius 1 is 1.35 bits per heavy atom. The zero-order valence-electron chi connectivity index (χ0n) is 10.2. The number of nitrogens with one attached hydrogen (secondary N) is 2. The molecule has 20 heavy (non-hydrogen) atoms. The third-order valence-corrected chi connectivity index (χ3v) is 3.09. The first-order chi connectivity index (χ1) is 9.60. The third kappa shape index (κ3) is 3.55. The number of aliphatic hydroxyl groups excluding tert-OH is 1. The maximum atomic E-state index is 12.0. The topological polar surface area (TPSA) is 65.1 Å². The molecule has 3 N–H and O–H groups in total. The second kappa shape index (κ2) is 6.49. The van der Waals surface area contributed by atoms with Gasteiger partial charge in [0.15, 0.2) is 0 Å². The van der Waals surface area contributed by atoms with E-state index in [-0.39, 0.29) is 23.4 Å². The molecule has 1 heterocycles. The SMILES string of the molecule is O=C(Nc1cccc(C#CCO)c1)c1cc(Cl)c(Cl)[nH]1. The average Bonchev–Trinajstić information content (AvgIpc) is 2.77. The van der Waals surface area contributed by atoms with Crippen LogP contribution >= 0.6 is 23.2 Å².